The Morgan fingerprint density at radius 3 is 2.27 bits per heavy atom. The number of rotatable bonds is 8. The van der Waals surface area contributed by atoms with Gasteiger partial charge in [-0.15, -0.1) is 0 Å². The third-order valence-corrected chi connectivity index (χ3v) is 11.3. The van der Waals surface area contributed by atoms with Gasteiger partial charge in [0.15, 0.2) is 11.5 Å². The topological polar surface area (TPSA) is 181 Å². The molecule has 3 aliphatic heterocycles. The van der Waals surface area contributed by atoms with Crippen LogP contribution >= 0.6 is 0 Å². The number of nitrogens with zero attached hydrogens (tertiary/aromatic N) is 3. The highest BCUT2D eigenvalue weighted by molar-refractivity contribution is 6.45. The van der Waals surface area contributed by atoms with Crippen molar-refractivity contribution >= 4 is 22.6 Å². The monoisotopic (exact) mass is 695 g/mol. The molecule has 0 saturated carbocycles. The lowest BCUT2D eigenvalue weighted by Crippen LogP contribution is -2.68. The molecule has 1 amide bonds. The molecule has 1 fully saturated rings. The fourth-order valence-electron chi connectivity index (χ4n) is 9.08. The van der Waals surface area contributed by atoms with Crippen LogP contribution in [-0.2, 0) is 24.2 Å². The number of hydrogen-bond donors (Lipinski definition) is 5. The number of fused-ring (bicyclic) bond motifs is 8. The van der Waals surface area contributed by atoms with Crippen LogP contribution < -0.4 is 19.5 Å². The standard InChI is InChI=1S/C38H41N5O8/c1-17-23(16-44)32(45)29-20(35(17)49-4)12-26-31-30-21(36(50-5)18(2)37(51-6)34(30)47)11-25(42(31)3)27(13-39)43(26)28(29)15-41-38(48)33(46)22-14-40-24-10-8-7-9-19(22)24/h7-10,14,25-28,31,40,44-45,47H,11-12,15-16H2,1-6H3,(H,41,48)/t25-,26-,27-,28-,31+/m0/s1. The molecule has 4 aromatic rings. The molecule has 1 aromatic heterocycles. The molecule has 13 heteroatoms. The number of hydrogen-bond acceptors (Lipinski definition) is 11. The summed E-state index contributed by atoms with van der Waals surface area (Å²) in [5, 5.41) is 48.4. The highest BCUT2D eigenvalue weighted by Gasteiger charge is 2.57. The number of piperazine rings is 1. The lowest BCUT2D eigenvalue weighted by atomic mass is 9.71. The highest BCUT2D eigenvalue weighted by Crippen LogP contribution is 2.58. The number of Topliss-reactive ketones (excluding diaryl/α,β-unsaturated/α-hetero) is 1. The summed E-state index contributed by atoms with van der Waals surface area (Å²) in [6.07, 6.45) is 2.16. The zero-order valence-electron chi connectivity index (χ0n) is 29.3. The molecule has 51 heavy (non-hydrogen) atoms. The van der Waals surface area contributed by atoms with Crippen molar-refractivity contribution in [2.75, 3.05) is 34.9 Å². The average molecular weight is 696 g/mol. The number of benzene rings is 3. The maximum atomic E-state index is 13.6. The van der Waals surface area contributed by atoms with Crippen molar-refractivity contribution in [1.82, 2.24) is 20.1 Å². The number of aliphatic hydroxyl groups is 1. The van der Waals surface area contributed by atoms with E-state index in [4.69, 9.17) is 14.2 Å². The summed E-state index contributed by atoms with van der Waals surface area (Å²) in [6, 6.07) is 6.75. The van der Waals surface area contributed by atoms with Crippen molar-refractivity contribution in [3.8, 4) is 34.8 Å². The molecular weight excluding hydrogens is 654 g/mol. The number of carbonyl (C=O) groups excluding carboxylic acids is 2. The Hall–Kier alpha value is -5.29. The quantitative estimate of drug-likeness (QED) is 0.135. The predicted octanol–water partition coefficient (Wildman–Crippen LogP) is 3.48. The molecule has 266 valence electrons. The first-order valence-electron chi connectivity index (χ1n) is 16.8. The van der Waals surface area contributed by atoms with Gasteiger partial charge in [-0.1, -0.05) is 18.2 Å². The second-order valence-electron chi connectivity index (χ2n) is 13.4. The Balaban J connectivity index is 1.39. The van der Waals surface area contributed by atoms with Crippen molar-refractivity contribution in [3.05, 3.63) is 75.0 Å². The molecule has 7 rings (SSSR count). The minimum atomic E-state index is -0.847. The summed E-state index contributed by atoms with van der Waals surface area (Å²) in [6.45, 7) is 2.96. The molecule has 0 aliphatic carbocycles. The predicted molar refractivity (Wildman–Crippen MR) is 186 cm³/mol. The van der Waals surface area contributed by atoms with Crippen LogP contribution in [0.15, 0.2) is 30.5 Å². The number of aliphatic hydroxyl groups excluding tert-OH is 1. The minimum Gasteiger partial charge on any atom is -0.507 e. The Kier molecular flexibility index (Phi) is 8.57. The van der Waals surface area contributed by atoms with Gasteiger partial charge >= 0.3 is 0 Å². The van der Waals surface area contributed by atoms with Crippen LogP contribution in [0.1, 0.15) is 61.4 Å². The van der Waals surface area contributed by atoms with Crippen LogP contribution in [0.2, 0.25) is 0 Å². The van der Waals surface area contributed by atoms with Crippen molar-refractivity contribution in [1.29, 1.82) is 5.26 Å². The van der Waals surface area contributed by atoms with Crippen LogP contribution in [0.4, 0.5) is 0 Å². The van der Waals surface area contributed by atoms with E-state index in [9.17, 15) is 30.2 Å². The van der Waals surface area contributed by atoms with E-state index in [1.165, 1.54) is 20.4 Å². The summed E-state index contributed by atoms with van der Waals surface area (Å²) in [4.78, 5) is 34.3. The number of ketones is 1. The summed E-state index contributed by atoms with van der Waals surface area (Å²) >= 11 is 0. The van der Waals surface area contributed by atoms with E-state index in [2.05, 4.69) is 21.3 Å². The Morgan fingerprint density at radius 1 is 0.961 bits per heavy atom. The molecular formula is C38H41N5O8. The number of ether oxygens (including phenoxy) is 3. The maximum absolute atomic E-state index is 13.6. The zero-order chi connectivity index (χ0) is 36.5. The minimum absolute atomic E-state index is 0.0157. The number of carbonyl (C=O) groups is 2. The molecule has 13 nitrogen and oxygen atoms in total. The van der Waals surface area contributed by atoms with Gasteiger partial charge < -0.3 is 39.8 Å². The second kappa shape index (κ2) is 12.8. The van der Waals surface area contributed by atoms with Crippen LogP contribution in [0.3, 0.4) is 0 Å². The maximum Gasteiger partial charge on any atom is 0.292 e. The lowest BCUT2D eigenvalue weighted by Gasteiger charge is -2.60. The summed E-state index contributed by atoms with van der Waals surface area (Å²) in [5.41, 5.74) is 4.89. The number of aromatic amines is 1. The number of likely N-dealkylation sites (N-methyl/N-ethyl adjacent to an activating group) is 1. The first kappa shape index (κ1) is 34.2. The van der Waals surface area contributed by atoms with Crippen LogP contribution in [0, 0.1) is 25.2 Å². The molecule has 3 aromatic carbocycles. The number of amides is 1. The van der Waals surface area contributed by atoms with E-state index in [0.29, 0.717) is 56.9 Å². The number of nitrogens with one attached hydrogen (secondary N) is 2. The number of para-hydroxylation sites is 1. The van der Waals surface area contributed by atoms with Crippen molar-refractivity contribution < 1.29 is 39.1 Å². The summed E-state index contributed by atoms with van der Waals surface area (Å²) in [7, 11) is 6.51. The second-order valence-corrected chi connectivity index (χ2v) is 13.4. The Morgan fingerprint density at radius 2 is 1.61 bits per heavy atom. The van der Waals surface area contributed by atoms with Crippen molar-refractivity contribution in [2.45, 2.75) is 63.5 Å². The van der Waals surface area contributed by atoms with Crippen molar-refractivity contribution in [2.24, 2.45) is 0 Å². The lowest BCUT2D eigenvalue weighted by molar-refractivity contribution is -0.118. The molecule has 0 radical (unpaired) electrons. The summed E-state index contributed by atoms with van der Waals surface area (Å²) < 4.78 is 17.5. The van der Waals surface area contributed by atoms with Gasteiger partial charge in [0, 0.05) is 74.7 Å². The first-order chi connectivity index (χ1) is 24.5. The molecule has 5 N–H and O–H groups in total. The highest BCUT2D eigenvalue weighted by atomic mass is 16.5. The fourth-order valence-corrected chi connectivity index (χ4v) is 9.08. The zero-order valence-corrected chi connectivity index (χ0v) is 29.3. The molecule has 3 aliphatic rings. The third-order valence-electron chi connectivity index (χ3n) is 11.3. The smallest absolute Gasteiger partial charge is 0.292 e. The number of nitriles is 1. The van der Waals surface area contributed by atoms with Crippen LogP contribution in [0.25, 0.3) is 10.9 Å². The van der Waals surface area contributed by atoms with Gasteiger partial charge in [0.1, 0.15) is 23.3 Å². The molecule has 5 atom stereocenters. The number of aromatic nitrogens is 1. The van der Waals surface area contributed by atoms with Gasteiger partial charge in [0.05, 0.1) is 51.7 Å². The average Bonchev–Trinajstić information content (AvgIpc) is 3.55. The number of aromatic hydroxyl groups is 2. The number of H-pyrrole nitrogens is 1. The van der Waals surface area contributed by atoms with Crippen LogP contribution in [-0.4, -0.2) is 94.8 Å². The van der Waals surface area contributed by atoms with E-state index in [-0.39, 0.29) is 41.6 Å². The van der Waals surface area contributed by atoms with Gasteiger partial charge in [-0.25, -0.2) is 0 Å². The van der Waals surface area contributed by atoms with E-state index in [0.717, 1.165) is 11.1 Å². The molecule has 2 bridgehead atoms. The SMILES string of the molecule is COc1c(C)c(OC)c2c(c1O)[C@H]1[C@@H]3Cc4c(OC)c(C)c(CO)c(O)c4[C@H](CNC(=O)C(=O)c4c[nH]c5ccccc45)N3[C@@H](C#N)[C@H](C2)N1C. The third kappa shape index (κ3) is 4.85. The van der Waals surface area contributed by atoms with Gasteiger partial charge in [0.25, 0.3) is 11.7 Å². The van der Waals surface area contributed by atoms with E-state index in [1.807, 2.05) is 31.0 Å². The molecule has 0 unspecified atom stereocenters. The number of methoxy groups -OCH3 is 3. The van der Waals surface area contributed by atoms with Gasteiger partial charge in [-0.2, -0.15) is 5.26 Å². The molecule has 4 heterocycles. The normalized spacial score (nSPS) is 22.4. The van der Waals surface area contributed by atoms with Gasteiger partial charge in [-0.05, 0) is 39.8 Å². The molecule has 1 saturated heterocycles. The van der Waals surface area contributed by atoms with Gasteiger partial charge in [0.2, 0.25) is 0 Å². The van der Waals surface area contributed by atoms with Crippen molar-refractivity contribution in [3.63, 3.8) is 0 Å². The molecule has 0 spiro atoms. The van der Waals surface area contributed by atoms with Gasteiger partial charge in [-0.3, -0.25) is 19.4 Å². The van der Waals surface area contributed by atoms with Crippen LogP contribution in [0.5, 0.6) is 28.7 Å². The van der Waals surface area contributed by atoms with E-state index in [1.54, 1.807) is 26.2 Å². The summed E-state index contributed by atoms with van der Waals surface area (Å²) in [5.74, 6) is -0.409. The number of phenolic OH excluding ortho intramolecular Hbond substituents is 1. The number of phenols is 2. The Bertz CT molecular complexity index is 2140. The Labute approximate surface area is 294 Å². The fraction of sp³-hybridized carbons (Fsp3) is 0.395. The van der Waals surface area contributed by atoms with E-state index < -0.39 is 42.5 Å². The first-order valence-corrected chi connectivity index (χ1v) is 16.8. The largest absolute Gasteiger partial charge is 0.507 e. The van der Waals surface area contributed by atoms with E-state index >= 15 is 0 Å².